The van der Waals surface area contributed by atoms with E-state index in [1.54, 1.807) is 11.0 Å². The third kappa shape index (κ3) is 2.78. The van der Waals surface area contributed by atoms with Crippen LogP contribution in [0.4, 0.5) is 0 Å². The zero-order valence-electron chi connectivity index (χ0n) is 13.7. The fraction of sp³-hybridized carbons (Fsp3) is 0.200. The second kappa shape index (κ2) is 6.09. The third-order valence-corrected chi connectivity index (χ3v) is 4.68. The molecule has 2 aliphatic rings. The molecule has 0 spiro atoms. The maximum absolute atomic E-state index is 12.7. The minimum Gasteiger partial charge on any atom is -0.457 e. The van der Waals surface area contributed by atoms with E-state index >= 15 is 0 Å². The van der Waals surface area contributed by atoms with Crippen LogP contribution >= 0.6 is 0 Å². The van der Waals surface area contributed by atoms with E-state index in [4.69, 9.17) is 4.74 Å². The van der Waals surface area contributed by atoms with Crippen LogP contribution in [0.3, 0.4) is 0 Å². The number of benzene rings is 2. The van der Waals surface area contributed by atoms with Crippen LogP contribution in [-0.4, -0.2) is 40.7 Å². The van der Waals surface area contributed by atoms with Gasteiger partial charge in [-0.05, 0) is 35.9 Å². The van der Waals surface area contributed by atoms with Crippen LogP contribution in [0.15, 0.2) is 61.2 Å². The van der Waals surface area contributed by atoms with Gasteiger partial charge < -0.3 is 14.5 Å². The zero-order valence-corrected chi connectivity index (χ0v) is 13.7. The van der Waals surface area contributed by atoms with Crippen molar-refractivity contribution in [3.05, 3.63) is 72.3 Å². The SMILES string of the molecule is C=CC(=O)N1CC(N2Cc3ccc(Oc4ccccc4)cc3C2=O)C1. The van der Waals surface area contributed by atoms with Crippen molar-refractivity contribution in [3.63, 3.8) is 0 Å². The minimum absolute atomic E-state index is 0.00390. The molecule has 0 aromatic heterocycles. The highest BCUT2D eigenvalue weighted by molar-refractivity contribution is 5.99. The second-order valence-electron chi connectivity index (χ2n) is 6.27. The van der Waals surface area contributed by atoms with Gasteiger partial charge in [0.1, 0.15) is 11.5 Å². The lowest BCUT2D eigenvalue weighted by Crippen LogP contribution is -2.60. The zero-order chi connectivity index (χ0) is 17.4. The highest BCUT2D eigenvalue weighted by Gasteiger charge is 2.40. The van der Waals surface area contributed by atoms with E-state index in [2.05, 4.69) is 6.58 Å². The summed E-state index contributed by atoms with van der Waals surface area (Å²) in [6.07, 6.45) is 1.31. The Bertz CT molecular complexity index is 841. The molecule has 0 bridgehead atoms. The van der Waals surface area contributed by atoms with Gasteiger partial charge in [0.25, 0.3) is 5.91 Å². The minimum atomic E-state index is -0.0843. The summed E-state index contributed by atoms with van der Waals surface area (Å²) < 4.78 is 5.82. The molecule has 126 valence electrons. The number of fused-ring (bicyclic) bond motifs is 1. The van der Waals surface area contributed by atoms with Crippen LogP contribution < -0.4 is 4.74 Å². The number of carbonyl (C=O) groups excluding carboxylic acids is 2. The summed E-state index contributed by atoms with van der Waals surface area (Å²) in [4.78, 5) is 27.8. The van der Waals surface area contributed by atoms with Crippen molar-refractivity contribution in [2.45, 2.75) is 12.6 Å². The normalized spacial score (nSPS) is 16.4. The fourth-order valence-electron chi connectivity index (χ4n) is 3.25. The van der Waals surface area contributed by atoms with E-state index < -0.39 is 0 Å². The van der Waals surface area contributed by atoms with Crippen LogP contribution in [0.5, 0.6) is 11.5 Å². The molecule has 1 saturated heterocycles. The van der Waals surface area contributed by atoms with Crippen molar-refractivity contribution in [2.75, 3.05) is 13.1 Å². The highest BCUT2D eigenvalue weighted by atomic mass is 16.5. The number of likely N-dealkylation sites (tertiary alicyclic amines) is 1. The van der Waals surface area contributed by atoms with Crippen LogP contribution in [0.2, 0.25) is 0 Å². The molecular formula is C20H18N2O3. The van der Waals surface area contributed by atoms with E-state index in [9.17, 15) is 9.59 Å². The van der Waals surface area contributed by atoms with Crippen molar-refractivity contribution in [1.29, 1.82) is 0 Å². The Labute approximate surface area is 146 Å². The Morgan fingerprint density at radius 2 is 1.88 bits per heavy atom. The first kappa shape index (κ1) is 15.4. The lowest BCUT2D eigenvalue weighted by molar-refractivity contribution is -0.132. The Morgan fingerprint density at radius 3 is 2.60 bits per heavy atom. The van der Waals surface area contributed by atoms with E-state index in [1.807, 2.05) is 47.4 Å². The molecule has 0 saturated carbocycles. The number of para-hydroxylation sites is 1. The Kier molecular flexibility index (Phi) is 3.76. The first-order valence-corrected chi connectivity index (χ1v) is 8.24. The summed E-state index contributed by atoms with van der Waals surface area (Å²) in [5, 5.41) is 0. The van der Waals surface area contributed by atoms with Gasteiger partial charge in [0.05, 0.1) is 6.04 Å². The van der Waals surface area contributed by atoms with Crippen LogP contribution in [0, 0.1) is 0 Å². The fourth-order valence-corrected chi connectivity index (χ4v) is 3.25. The first-order chi connectivity index (χ1) is 12.2. The summed E-state index contributed by atoms with van der Waals surface area (Å²) in [6, 6.07) is 15.2. The highest BCUT2D eigenvalue weighted by Crippen LogP contribution is 2.32. The molecule has 0 radical (unpaired) electrons. The monoisotopic (exact) mass is 334 g/mol. The van der Waals surface area contributed by atoms with E-state index in [0.29, 0.717) is 30.9 Å². The van der Waals surface area contributed by atoms with Gasteiger partial charge in [-0.3, -0.25) is 9.59 Å². The predicted octanol–water partition coefficient (Wildman–Crippen LogP) is 2.83. The van der Waals surface area contributed by atoms with Gasteiger partial charge in [-0.15, -0.1) is 0 Å². The molecule has 2 aromatic carbocycles. The van der Waals surface area contributed by atoms with Gasteiger partial charge in [0.2, 0.25) is 5.91 Å². The maximum Gasteiger partial charge on any atom is 0.255 e. The maximum atomic E-state index is 12.7. The summed E-state index contributed by atoms with van der Waals surface area (Å²) in [5.74, 6) is 1.31. The molecule has 4 rings (SSSR count). The van der Waals surface area contributed by atoms with Crippen LogP contribution in [0.25, 0.3) is 0 Å². The van der Waals surface area contributed by atoms with Gasteiger partial charge in [0, 0.05) is 25.2 Å². The third-order valence-electron chi connectivity index (χ3n) is 4.68. The standard InChI is InChI=1S/C20H18N2O3/c1-2-19(23)21-12-15(13-21)22-11-14-8-9-17(10-18(14)20(22)24)25-16-6-4-3-5-7-16/h2-10,15H,1,11-13H2. The molecule has 2 aromatic rings. The summed E-state index contributed by atoms with van der Waals surface area (Å²) >= 11 is 0. The van der Waals surface area contributed by atoms with Crippen LogP contribution in [-0.2, 0) is 11.3 Å². The Hall–Kier alpha value is -3.08. The average molecular weight is 334 g/mol. The molecular weight excluding hydrogens is 316 g/mol. The van der Waals surface area contributed by atoms with E-state index in [-0.39, 0.29) is 17.9 Å². The number of ether oxygens (including phenoxy) is 1. The molecule has 0 atom stereocenters. The molecule has 5 heteroatoms. The number of hydrogen-bond donors (Lipinski definition) is 0. The Morgan fingerprint density at radius 1 is 1.12 bits per heavy atom. The van der Waals surface area contributed by atoms with Gasteiger partial charge in [-0.1, -0.05) is 30.8 Å². The summed E-state index contributed by atoms with van der Waals surface area (Å²) in [5.41, 5.74) is 1.68. The molecule has 0 N–H and O–H groups in total. The lowest BCUT2D eigenvalue weighted by atomic mass is 10.1. The second-order valence-corrected chi connectivity index (χ2v) is 6.27. The van der Waals surface area contributed by atoms with Crippen molar-refractivity contribution in [2.24, 2.45) is 0 Å². The van der Waals surface area contributed by atoms with Gasteiger partial charge in [0.15, 0.2) is 0 Å². The number of amides is 2. The van der Waals surface area contributed by atoms with Gasteiger partial charge in [-0.2, -0.15) is 0 Å². The van der Waals surface area contributed by atoms with Gasteiger partial charge in [-0.25, -0.2) is 0 Å². The molecule has 0 aliphatic carbocycles. The first-order valence-electron chi connectivity index (χ1n) is 8.24. The molecule has 2 amide bonds. The molecule has 25 heavy (non-hydrogen) atoms. The van der Waals surface area contributed by atoms with Gasteiger partial charge >= 0.3 is 0 Å². The predicted molar refractivity (Wildman–Crippen MR) is 93.4 cm³/mol. The molecule has 2 heterocycles. The summed E-state index contributed by atoms with van der Waals surface area (Å²) in [7, 11) is 0. The number of rotatable bonds is 4. The van der Waals surface area contributed by atoms with E-state index in [1.165, 1.54) is 6.08 Å². The molecule has 0 unspecified atom stereocenters. The quantitative estimate of drug-likeness (QED) is 0.808. The van der Waals surface area contributed by atoms with E-state index in [0.717, 1.165) is 11.3 Å². The van der Waals surface area contributed by atoms with Crippen molar-refractivity contribution < 1.29 is 14.3 Å². The Balaban J connectivity index is 1.47. The molecule has 1 fully saturated rings. The van der Waals surface area contributed by atoms with Crippen molar-refractivity contribution in [3.8, 4) is 11.5 Å². The van der Waals surface area contributed by atoms with Crippen molar-refractivity contribution >= 4 is 11.8 Å². The number of nitrogens with zero attached hydrogens (tertiary/aromatic N) is 2. The smallest absolute Gasteiger partial charge is 0.255 e. The van der Waals surface area contributed by atoms with Crippen LogP contribution in [0.1, 0.15) is 15.9 Å². The summed E-state index contributed by atoms with van der Waals surface area (Å²) in [6.45, 7) is 5.21. The topological polar surface area (TPSA) is 49.9 Å². The molecule has 2 aliphatic heterocycles. The molecule has 5 nitrogen and oxygen atoms in total. The number of carbonyl (C=O) groups is 2. The van der Waals surface area contributed by atoms with Crippen molar-refractivity contribution in [1.82, 2.24) is 9.80 Å². The lowest BCUT2D eigenvalue weighted by Gasteiger charge is -2.43. The number of hydrogen-bond acceptors (Lipinski definition) is 3. The average Bonchev–Trinajstić information content (AvgIpc) is 2.91. The largest absolute Gasteiger partial charge is 0.457 e.